The fraction of sp³-hybridized carbons (Fsp3) is 0.200. The molecule has 1 aliphatic rings. The van der Waals surface area contributed by atoms with Gasteiger partial charge < -0.3 is 14.2 Å². The molecule has 0 spiro atoms. The maximum Gasteiger partial charge on any atom is 0.347 e. The molecule has 3 aromatic rings. The molecule has 0 fully saturated rings. The molecular weight excluding hydrogens is 442 g/mol. The van der Waals surface area contributed by atoms with Crippen molar-refractivity contribution in [3.05, 3.63) is 95.6 Å². The Morgan fingerprint density at radius 2 is 1.61 bits per heavy atom. The van der Waals surface area contributed by atoms with Gasteiger partial charge in [-0.2, -0.15) is 8.42 Å². The van der Waals surface area contributed by atoms with Crippen molar-refractivity contribution in [2.24, 2.45) is 4.40 Å². The largest absolute Gasteiger partial charge is 0.489 e. The second kappa shape index (κ2) is 9.87. The van der Waals surface area contributed by atoms with E-state index in [1.165, 1.54) is 6.07 Å². The highest BCUT2D eigenvalue weighted by Gasteiger charge is 2.33. The van der Waals surface area contributed by atoms with Crippen molar-refractivity contribution < 1.29 is 27.4 Å². The Balaban J connectivity index is 1.47. The van der Waals surface area contributed by atoms with Crippen LogP contribution < -0.4 is 4.74 Å². The van der Waals surface area contributed by atoms with Crippen LogP contribution in [-0.4, -0.2) is 33.0 Å². The van der Waals surface area contributed by atoms with Crippen LogP contribution in [0.1, 0.15) is 23.6 Å². The third kappa shape index (κ3) is 5.40. The maximum atomic E-state index is 12.6. The van der Waals surface area contributed by atoms with Gasteiger partial charge in [-0.3, -0.25) is 0 Å². The van der Waals surface area contributed by atoms with E-state index in [-0.39, 0.29) is 23.8 Å². The lowest BCUT2D eigenvalue weighted by atomic mass is 10.1. The third-order valence-corrected chi connectivity index (χ3v) is 6.31. The van der Waals surface area contributed by atoms with Crippen LogP contribution in [0.4, 0.5) is 0 Å². The first-order valence-electron chi connectivity index (χ1n) is 10.5. The van der Waals surface area contributed by atoms with Gasteiger partial charge in [-0.05, 0) is 42.3 Å². The Morgan fingerprint density at radius 3 is 2.33 bits per heavy atom. The summed E-state index contributed by atoms with van der Waals surface area (Å²) in [6, 6.07) is 23.5. The molecule has 0 aliphatic carbocycles. The van der Waals surface area contributed by atoms with Gasteiger partial charge in [0.15, 0.2) is 0 Å². The average Bonchev–Trinajstić information content (AvgIpc) is 3.09. The Morgan fingerprint density at radius 1 is 0.909 bits per heavy atom. The highest BCUT2D eigenvalue weighted by atomic mass is 32.2. The zero-order valence-corrected chi connectivity index (χ0v) is 18.8. The standard InChI is InChI=1S/C25H23NO6S/c1-2-30-25(27)22(32-24-21-10-6-7-11-23(21)33(28,29)26-24)16-18-12-14-20(15-13-18)31-17-19-8-4-3-5-9-19/h3-15,22H,2,16-17H2,1H3. The number of sulfonamides is 1. The number of nitrogens with zero attached hydrogens (tertiary/aromatic N) is 1. The lowest BCUT2D eigenvalue weighted by molar-refractivity contribution is -0.151. The molecule has 7 nitrogen and oxygen atoms in total. The van der Waals surface area contributed by atoms with Crippen LogP contribution in [0.5, 0.6) is 5.75 Å². The van der Waals surface area contributed by atoms with Crippen molar-refractivity contribution in [1.82, 2.24) is 0 Å². The molecule has 33 heavy (non-hydrogen) atoms. The average molecular weight is 466 g/mol. The SMILES string of the molecule is CCOC(=O)C(Cc1ccc(OCc2ccccc2)cc1)OC1=NS(=O)(=O)c2ccccc21. The van der Waals surface area contributed by atoms with Crippen molar-refractivity contribution in [2.75, 3.05) is 6.61 Å². The zero-order chi connectivity index (χ0) is 23.3. The second-order valence-corrected chi connectivity index (χ2v) is 8.92. The minimum Gasteiger partial charge on any atom is -0.489 e. The number of benzene rings is 3. The molecule has 0 radical (unpaired) electrons. The summed E-state index contributed by atoms with van der Waals surface area (Å²) in [6.45, 7) is 2.31. The first-order valence-corrected chi connectivity index (χ1v) is 11.9. The molecule has 1 atom stereocenters. The van der Waals surface area contributed by atoms with Crippen LogP contribution in [0.2, 0.25) is 0 Å². The molecule has 3 aromatic carbocycles. The van der Waals surface area contributed by atoms with Crippen molar-refractivity contribution in [2.45, 2.75) is 31.0 Å². The van der Waals surface area contributed by atoms with E-state index in [0.29, 0.717) is 17.9 Å². The molecule has 4 rings (SSSR count). The van der Waals surface area contributed by atoms with E-state index in [4.69, 9.17) is 14.2 Å². The lowest BCUT2D eigenvalue weighted by Crippen LogP contribution is -2.31. The Labute approximate surface area is 192 Å². The quantitative estimate of drug-likeness (QED) is 0.469. The molecule has 0 bridgehead atoms. The van der Waals surface area contributed by atoms with Crippen LogP contribution in [0.25, 0.3) is 0 Å². The first kappa shape index (κ1) is 22.5. The monoisotopic (exact) mass is 465 g/mol. The van der Waals surface area contributed by atoms with E-state index in [2.05, 4.69) is 4.40 Å². The molecule has 0 aromatic heterocycles. The minimum atomic E-state index is -3.85. The number of carbonyl (C=O) groups excluding carboxylic acids is 1. The van der Waals surface area contributed by atoms with E-state index in [1.807, 2.05) is 54.6 Å². The van der Waals surface area contributed by atoms with Gasteiger partial charge in [0.2, 0.25) is 12.0 Å². The molecule has 0 amide bonds. The molecule has 0 N–H and O–H groups in total. The van der Waals surface area contributed by atoms with Crippen LogP contribution in [0.15, 0.2) is 88.2 Å². The Hall–Kier alpha value is -3.65. The minimum absolute atomic E-state index is 0.0579. The number of rotatable bonds is 8. The van der Waals surface area contributed by atoms with Crippen molar-refractivity contribution >= 4 is 21.9 Å². The van der Waals surface area contributed by atoms with Gasteiger partial charge in [-0.25, -0.2) is 4.79 Å². The lowest BCUT2D eigenvalue weighted by Gasteiger charge is -2.18. The molecule has 1 heterocycles. The maximum absolute atomic E-state index is 12.6. The van der Waals surface area contributed by atoms with Crippen LogP contribution >= 0.6 is 0 Å². The summed E-state index contributed by atoms with van der Waals surface area (Å²) >= 11 is 0. The van der Waals surface area contributed by atoms with Crippen LogP contribution in [-0.2, 0) is 37.3 Å². The van der Waals surface area contributed by atoms with Gasteiger partial charge in [0, 0.05) is 6.42 Å². The molecule has 1 unspecified atom stereocenters. The number of hydrogen-bond donors (Lipinski definition) is 0. The highest BCUT2D eigenvalue weighted by Crippen LogP contribution is 2.27. The number of ether oxygens (including phenoxy) is 3. The molecule has 1 aliphatic heterocycles. The third-order valence-electron chi connectivity index (χ3n) is 4.99. The van der Waals surface area contributed by atoms with Gasteiger partial charge in [0.25, 0.3) is 10.0 Å². The summed E-state index contributed by atoms with van der Waals surface area (Å²) < 4.78 is 45.1. The number of esters is 1. The molecule has 0 saturated carbocycles. The van der Waals surface area contributed by atoms with Crippen molar-refractivity contribution in [3.8, 4) is 5.75 Å². The fourth-order valence-electron chi connectivity index (χ4n) is 3.38. The normalized spacial score (nSPS) is 14.6. The second-order valence-electron chi connectivity index (χ2n) is 7.35. The summed E-state index contributed by atoms with van der Waals surface area (Å²) in [5.74, 6) is -0.00533. The van der Waals surface area contributed by atoms with Crippen LogP contribution in [0.3, 0.4) is 0 Å². The number of hydrogen-bond acceptors (Lipinski definition) is 6. The smallest absolute Gasteiger partial charge is 0.347 e. The fourth-order valence-corrected chi connectivity index (χ4v) is 4.52. The molecule has 8 heteroatoms. The predicted octanol–water partition coefficient (Wildman–Crippen LogP) is 3.91. The number of carbonyl (C=O) groups is 1. The summed E-state index contributed by atoms with van der Waals surface area (Å²) in [4.78, 5) is 12.6. The van der Waals surface area contributed by atoms with Gasteiger partial charge in [0.05, 0.1) is 12.2 Å². The number of fused-ring (bicyclic) bond motifs is 1. The van der Waals surface area contributed by atoms with Crippen molar-refractivity contribution in [1.29, 1.82) is 0 Å². The Kier molecular flexibility index (Phi) is 6.74. The molecule has 0 saturated heterocycles. The summed E-state index contributed by atoms with van der Waals surface area (Å²) in [5, 5.41) is 0. The molecule has 170 valence electrons. The van der Waals surface area contributed by atoms with E-state index in [0.717, 1.165) is 11.1 Å². The highest BCUT2D eigenvalue weighted by molar-refractivity contribution is 7.90. The van der Waals surface area contributed by atoms with Gasteiger partial charge in [0.1, 0.15) is 17.3 Å². The summed E-state index contributed by atoms with van der Waals surface area (Å²) in [5.41, 5.74) is 2.19. The summed E-state index contributed by atoms with van der Waals surface area (Å²) in [7, 11) is -3.85. The predicted molar refractivity (Wildman–Crippen MR) is 123 cm³/mol. The van der Waals surface area contributed by atoms with E-state index in [9.17, 15) is 13.2 Å². The van der Waals surface area contributed by atoms with Gasteiger partial charge in [-0.15, -0.1) is 4.40 Å². The Bertz CT molecular complexity index is 1250. The van der Waals surface area contributed by atoms with Crippen LogP contribution in [0, 0.1) is 0 Å². The van der Waals surface area contributed by atoms with E-state index < -0.39 is 22.1 Å². The first-order chi connectivity index (χ1) is 16.0. The zero-order valence-electron chi connectivity index (χ0n) is 18.0. The van der Waals surface area contributed by atoms with E-state index in [1.54, 1.807) is 25.1 Å². The van der Waals surface area contributed by atoms with Gasteiger partial charge >= 0.3 is 5.97 Å². The van der Waals surface area contributed by atoms with Gasteiger partial charge in [-0.1, -0.05) is 54.6 Å². The summed E-state index contributed by atoms with van der Waals surface area (Å²) in [6.07, 6.45) is -0.875. The molecular formula is C25H23NO6S. The van der Waals surface area contributed by atoms with E-state index >= 15 is 0 Å². The van der Waals surface area contributed by atoms with Crippen molar-refractivity contribution in [3.63, 3.8) is 0 Å². The topological polar surface area (TPSA) is 91.3 Å².